The van der Waals surface area contributed by atoms with E-state index in [0.29, 0.717) is 41.8 Å². The Morgan fingerprint density at radius 1 is 1.18 bits per heavy atom. The lowest BCUT2D eigenvalue weighted by Gasteiger charge is -2.36. The number of hydrogen-bond donors (Lipinski definition) is 1. The molecule has 0 bridgehead atoms. The summed E-state index contributed by atoms with van der Waals surface area (Å²) in [6.07, 6.45) is 1.55. The Morgan fingerprint density at radius 2 is 1.89 bits per heavy atom. The molecule has 0 radical (unpaired) electrons. The highest BCUT2D eigenvalue weighted by molar-refractivity contribution is 6.42. The largest absolute Gasteiger partial charge is 0.479 e. The lowest BCUT2D eigenvalue weighted by molar-refractivity contribution is -0.130. The molecule has 1 aliphatic heterocycles. The minimum atomic E-state index is -0.396. The predicted octanol–water partition coefficient (Wildman–Crippen LogP) is 1.81. The Balaban J connectivity index is 1.51. The first kappa shape index (κ1) is 20.3. The van der Waals surface area contributed by atoms with Crippen molar-refractivity contribution in [3.05, 3.63) is 40.0 Å². The minimum Gasteiger partial charge on any atom is -0.479 e. The summed E-state index contributed by atoms with van der Waals surface area (Å²) in [6, 6.07) is 5.50. The first-order valence-corrected chi connectivity index (χ1v) is 9.48. The summed E-state index contributed by atoms with van der Waals surface area (Å²) in [7, 11) is 3.13. The van der Waals surface area contributed by atoms with Crippen LogP contribution in [0.25, 0.3) is 0 Å². The van der Waals surface area contributed by atoms with Crippen molar-refractivity contribution in [2.45, 2.75) is 0 Å². The van der Waals surface area contributed by atoms with Crippen LogP contribution >= 0.6 is 23.2 Å². The Morgan fingerprint density at radius 3 is 2.54 bits per heavy atom. The van der Waals surface area contributed by atoms with Crippen LogP contribution in [-0.2, 0) is 11.8 Å². The zero-order valence-electron chi connectivity index (χ0n) is 15.6. The van der Waals surface area contributed by atoms with E-state index in [-0.39, 0.29) is 18.3 Å². The standard InChI is InChI=1S/C18H21Cl2N5O3/c1-23-11-13(18(22-23)28-2)17(27)21-10-16(26)25-7-5-24(6-8-25)12-3-4-14(19)15(20)9-12/h3-4,9,11H,5-8,10H2,1-2H3,(H,21,27). The Labute approximate surface area is 172 Å². The number of amides is 2. The number of hydrogen-bond acceptors (Lipinski definition) is 5. The molecular formula is C18H21Cl2N5O3. The number of benzene rings is 1. The van der Waals surface area contributed by atoms with E-state index in [9.17, 15) is 9.59 Å². The fraction of sp³-hybridized carbons (Fsp3) is 0.389. The molecule has 1 aromatic carbocycles. The second-order valence-corrected chi connectivity index (χ2v) is 7.19. The smallest absolute Gasteiger partial charge is 0.258 e. The molecule has 0 aliphatic carbocycles. The van der Waals surface area contributed by atoms with Crippen molar-refractivity contribution in [3.8, 4) is 5.88 Å². The van der Waals surface area contributed by atoms with Gasteiger partial charge >= 0.3 is 0 Å². The number of nitrogens with zero attached hydrogens (tertiary/aromatic N) is 4. The van der Waals surface area contributed by atoms with Crippen molar-refractivity contribution in [1.29, 1.82) is 0 Å². The molecule has 0 unspecified atom stereocenters. The van der Waals surface area contributed by atoms with Crippen molar-refractivity contribution in [3.63, 3.8) is 0 Å². The molecule has 1 N–H and O–H groups in total. The molecule has 1 saturated heterocycles. The fourth-order valence-corrected chi connectivity index (χ4v) is 3.33. The van der Waals surface area contributed by atoms with Crippen LogP contribution in [-0.4, -0.2) is 66.3 Å². The molecule has 3 rings (SSSR count). The van der Waals surface area contributed by atoms with Gasteiger partial charge in [-0.3, -0.25) is 14.3 Å². The van der Waals surface area contributed by atoms with Crippen LogP contribution < -0.4 is 15.0 Å². The summed E-state index contributed by atoms with van der Waals surface area (Å²) < 4.78 is 6.55. The highest BCUT2D eigenvalue weighted by Crippen LogP contribution is 2.27. The van der Waals surface area contributed by atoms with Crippen molar-refractivity contribution >= 4 is 40.7 Å². The molecular weight excluding hydrogens is 405 g/mol. The summed E-state index contributed by atoms with van der Waals surface area (Å²) in [6.45, 7) is 2.39. The van der Waals surface area contributed by atoms with E-state index >= 15 is 0 Å². The zero-order chi connectivity index (χ0) is 20.3. The van der Waals surface area contributed by atoms with Gasteiger partial charge in [0.2, 0.25) is 11.8 Å². The molecule has 28 heavy (non-hydrogen) atoms. The summed E-state index contributed by atoms with van der Waals surface area (Å²) in [4.78, 5) is 28.6. The van der Waals surface area contributed by atoms with Gasteiger partial charge in [0, 0.05) is 45.1 Å². The molecule has 150 valence electrons. The number of piperazine rings is 1. The summed E-state index contributed by atoms with van der Waals surface area (Å²) in [5.41, 5.74) is 1.26. The van der Waals surface area contributed by atoms with E-state index < -0.39 is 5.91 Å². The highest BCUT2D eigenvalue weighted by Gasteiger charge is 2.23. The monoisotopic (exact) mass is 425 g/mol. The molecule has 0 atom stereocenters. The predicted molar refractivity (Wildman–Crippen MR) is 107 cm³/mol. The Kier molecular flexibility index (Phi) is 6.31. The lowest BCUT2D eigenvalue weighted by Crippen LogP contribution is -2.51. The number of ether oxygens (including phenoxy) is 1. The Bertz CT molecular complexity index is 878. The summed E-state index contributed by atoms with van der Waals surface area (Å²) >= 11 is 12.0. The first-order chi connectivity index (χ1) is 13.4. The highest BCUT2D eigenvalue weighted by atomic mass is 35.5. The van der Waals surface area contributed by atoms with Crippen molar-refractivity contribution in [2.24, 2.45) is 7.05 Å². The van der Waals surface area contributed by atoms with E-state index in [1.807, 2.05) is 12.1 Å². The third kappa shape index (κ3) is 4.51. The maximum absolute atomic E-state index is 12.4. The molecule has 0 spiro atoms. The van der Waals surface area contributed by atoms with Gasteiger partial charge in [-0.1, -0.05) is 23.2 Å². The van der Waals surface area contributed by atoms with Crippen molar-refractivity contribution < 1.29 is 14.3 Å². The molecule has 2 heterocycles. The third-order valence-electron chi connectivity index (χ3n) is 4.53. The van der Waals surface area contributed by atoms with Gasteiger partial charge in [0.05, 0.1) is 23.7 Å². The number of carbonyl (C=O) groups excluding carboxylic acids is 2. The van der Waals surface area contributed by atoms with Gasteiger partial charge < -0.3 is 19.9 Å². The van der Waals surface area contributed by atoms with Gasteiger partial charge in [0.1, 0.15) is 5.56 Å². The van der Waals surface area contributed by atoms with Crippen molar-refractivity contribution in [1.82, 2.24) is 20.0 Å². The van der Waals surface area contributed by atoms with Gasteiger partial charge in [0.15, 0.2) is 0 Å². The maximum Gasteiger partial charge on any atom is 0.258 e. The average molecular weight is 426 g/mol. The SMILES string of the molecule is COc1nn(C)cc1C(=O)NCC(=O)N1CCN(c2ccc(Cl)c(Cl)c2)CC1. The molecule has 8 nitrogen and oxygen atoms in total. The topological polar surface area (TPSA) is 79.7 Å². The molecule has 0 saturated carbocycles. The lowest BCUT2D eigenvalue weighted by atomic mass is 10.2. The number of nitrogens with one attached hydrogen (secondary N) is 1. The van der Waals surface area contributed by atoms with Gasteiger partial charge in [-0.05, 0) is 18.2 Å². The summed E-state index contributed by atoms with van der Waals surface area (Å²) in [5, 5.41) is 7.68. The van der Waals surface area contributed by atoms with Crippen LogP contribution in [0.3, 0.4) is 0 Å². The second-order valence-electron chi connectivity index (χ2n) is 6.37. The molecule has 10 heteroatoms. The molecule has 1 aromatic heterocycles. The molecule has 1 aliphatic rings. The van der Waals surface area contributed by atoms with Crippen LogP contribution in [0, 0.1) is 0 Å². The van der Waals surface area contributed by atoms with Crippen LogP contribution in [0.1, 0.15) is 10.4 Å². The third-order valence-corrected chi connectivity index (χ3v) is 5.27. The molecule has 1 fully saturated rings. The van der Waals surface area contributed by atoms with E-state index in [0.717, 1.165) is 5.69 Å². The van der Waals surface area contributed by atoms with Crippen LogP contribution in [0.5, 0.6) is 5.88 Å². The van der Waals surface area contributed by atoms with Gasteiger partial charge in [-0.25, -0.2) is 0 Å². The van der Waals surface area contributed by atoms with E-state index in [1.165, 1.54) is 11.8 Å². The normalized spacial score (nSPS) is 14.1. The quantitative estimate of drug-likeness (QED) is 0.789. The fourth-order valence-electron chi connectivity index (χ4n) is 3.03. The molecule has 2 aromatic rings. The molecule has 2 amide bonds. The summed E-state index contributed by atoms with van der Waals surface area (Å²) in [5.74, 6) is -0.305. The van der Waals surface area contributed by atoms with Gasteiger partial charge in [-0.2, -0.15) is 0 Å². The van der Waals surface area contributed by atoms with E-state index in [4.69, 9.17) is 27.9 Å². The zero-order valence-corrected chi connectivity index (χ0v) is 17.1. The average Bonchev–Trinajstić information content (AvgIpc) is 3.09. The van der Waals surface area contributed by atoms with Gasteiger partial charge in [0.25, 0.3) is 5.91 Å². The number of rotatable bonds is 5. The first-order valence-electron chi connectivity index (χ1n) is 8.72. The van der Waals surface area contributed by atoms with Crippen molar-refractivity contribution in [2.75, 3.05) is 44.7 Å². The van der Waals surface area contributed by atoms with E-state index in [1.54, 1.807) is 24.2 Å². The van der Waals surface area contributed by atoms with Crippen LogP contribution in [0.2, 0.25) is 10.0 Å². The minimum absolute atomic E-state index is 0.0797. The number of anilines is 1. The Hall–Kier alpha value is -2.45. The maximum atomic E-state index is 12.4. The number of carbonyl (C=O) groups is 2. The van der Waals surface area contributed by atoms with Gasteiger partial charge in [-0.15, -0.1) is 5.10 Å². The number of aromatic nitrogens is 2. The van der Waals surface area contributed by atoms with E-state index in [2.05, 4.69) is 15.3 Å². The van der Waals surface area contributed by atoms with Crippen LogP contribution in [0.15, 0.2) is 24.4 Å². The number of aryl methyl sites for hydroxylation is 1. The number of methoxy groups -OCH3 is 1. The number of halogens is 2. The van der Waals surface area contributed by atoms with Crippen LogP contribution in [0.4, 0.5) is 5.69 Å². The second kappa shape index (κ2) is 8.70.